The van der Waals surface area contributed by atoms with Gasteiger partial charge in [0.05, 0.1) is 7.11 Å². The van der Waals surface area contributed by atoms with E-state index in [9.17, 15) is 4.79 Å². The maximum absolute atomic E-state index is 12.4. The van der Waals surface area contributed by atoms with Crippen molar-refractivity contribution in [2.45, 2.75) is 19.9 Å². The van der Waals surface area contributed by atoms with E-state index in [1.807, 2.05) is 36.4 Å². The van der Waals surface area contributed by atoms with Gasteiger partial charge >= 0.3 is 0 Å². The van der Waals surface area contributed by atoms with Crippen LogP contribution in [0.4, 0.5) is 0 Å². The standard InChI is InChI=1S/C17H22N2O2.ClH/c1-4-18-12(2)11-19-17(20)15-9-10-16(21-3)14-8-6-5-7-13(14)15;/h5-10,12,18H,4,11H2,1-3H3,(H,19,20);1H/t12-;/m1./s1. The van der Waals surface area contributed by atoms with E-state index in [-0.39, 0.29) is 24.4 Å². The van der Waals surface area contributed by atoms with E-state index in [1.165, 1.54) is 0 Å². The van der Waals surface area contributed by atoms with Gasteiger partial charge in [-0.05, 0) is 31.0 Å². The van der Waals surface area contributed by atoms with Gasteiger partial charge in [0, 0.05) is 23.5 Å². The molecule has 0 aliphatic rings. The van der Waals surface area contributed by atoms with Crippen LogP contribution >= 0.6 is 12.4 Å². The Bertz CT molecular complexity index is 631. The van der Waals surface area contributed by atoms with Gasteiger partial charge in [0.2, 0.25) is 0 Å². The van der Waals surface area contributed by atoms with E-state index in [1.54, 1.807) is 7.11 Å². The summed E-state index contributed by atoms with van der Waals surface area (Å²) in [4.78, 5) is 12.4. The molecular formula is C17H23ClN2O2. The maximum atomic E-state index is 12.4. The molecule has 0 radical (unpaired) electrons. The number of halogens is 1. The molecule has 0 saturated carbocycles. The summed E-state index contributed by atoms with van der Waals surface area (Å²) in [6, 6.07) is 11.7. The Labute approximate surface area is 137 Å². The molecule has 0 aliphatic heterocycles. The summed E-state index contributed by atoms with van der Waals surface area (Å²) in [5.74, 6) is 0.724. The van der Waals surface area contributed by atoms with E-state index in [4.69, 9.17) is 4.74 Å². The molecule has 1 amide bonds. The maximum Gasteiger partial charge on any atom is 0.251 e. The summed E-state index contributed by atoms with van der Waals surface area (Å²) in [5.41, 5.74) is 0.676. The Kier molecular flexibility index (Phi) is 7.15. The molecule has 0 bridgehead atoms. The monoisotopic (exact) mass is 322 g/mol. The van der Waals surface area contributed by atoms with Crippen molar-refractivity contribution in [3.8, 4) is 5.75 Å². The topological polar surface area (TPSA) is 50.4 Å². The molecule has 1 atom stereocenters. The van der Waals surface area contributed by atoms with Crippen LogP contribution in [0.5, 0.6) is 5.75 Å². The van der Waals surface area contributed by atoms with E-state index in [2.05, 4.69) is 24.5 Å². The quantitative estimate of drug-likeness (QED) is 0.859. The average molecular weight is 323 g/mol. The normalized spacial score (nSPS) is 11.6. The van der Waals surface area contributed by atoms with Gasteiger partial charge in [-0.3, -0.25) is 4.79 Å². The molecule has 4 nitrogen and oxygen atoms in total. The van der Waals surface area contributed by atoms with Crippen LogP contribution in [0.3, 0.4) is 0 Å². The van der Waals surface area contributed by atoms with Crippen molar-refractivity contribution in [2.75, 3.05) is 20.2 Å². The molecule has 0 unspecified atom stereocenters. The first-order valence-corrected chi connectivity index (χ1v) is 7.24. The van der Waals surface area contributed by atoms with Crippen molar-refractivity contribution < 1.29 is 9.53 Å². The average Bonchev–Trinajstić information content (AvgIpc) is 2.51. The molecule has 0 aromatic heterocycles. The Morgan fingerprint density at radius 2 is 1.86 bits per heavy atom. The predicted octanol–water partition coefficient (Wildman–Crippen LogP) is 3.00. The fourth-order valence-corrected chi connectivity index (χ4v) is 2.41. The fourth-order valence-electron chi connectivity index (χ4n) is 2.41. The first-order valence-electron chi connectivity index (χ1n) is 7.24. The highest BCUT2D eigenvalue weighted by Crippen LogP contribution is 2.28. The smallest absolute Gasteiger partial charge is 0.251 e. The molecular weight excluding hydrogens is 300 g/mol. The molecule has 0 spiro atoms. The second-order valence-electron chi connectivity index (χ2n) is 5.03. The van der Waals surface area contributed by atoms with Crippen LogP contribution in [-0.2, 0) is 0 Å². The second kappa shape index (κ2) is 8.61. The highest BCUT2D eigenvalue weighted by Gasteiger charge is 2.13. The second-order valence-corrected chi connectivity index (χ2v) is 5.03. The van der Waals surface area contributed by atoms with Crippen molar-refractivity contribution in [2.24, 2.45) is 0 Å². The van der Waals surface area contributed by atoms with E-state index >= 15 is 0 Å². The first-order chi connectivity index (χ1) is 10.2. The van der Waals surface area contributed by atoms with Crippen molar-refractivity contribution in [3.05, 3.63) is 42.0 Å². The van der Waals surface area contributed by atoms with Gasteiger partial charge < -0.3 is 15.4 Å². The summed E-state index contributed by atoms with van der Waals surface area (Å²) in [7, 11) is 1.64. The molecule has 2 aromatic rings. The van der Waals surface area contributed by atoms with Crippen LogP contribution in [0.25, 0.3) is 10.8 Å². The van der Waals surface area contributed by atoms with E-state index in [0.29, 0.717) is 12.1 Å². The Morgan fingerprint density at radius 3 is 2.50 bits per heavy atom. The third-order valence-corrected chi connectivity index (χ3v) is 3.47. The van der Waals surface area contributed by atoms with Crippen LogP contribution in [-0.4, -0.2) is 32.1 Å². The highest BCUT2D eigenvalue weighted by atomic mass is 35.5. The Balaban J connectivity index is 0.00000242. The van der Waals surface area contributed by atoms with Gasteiger partial charge in [-0.2, -0.15) is 0 Å². The predicted molar refractivity (Wildman–Crippen MR) is 93.2 cm³/mol. The lowest BCUT2D eigenvalue weighted by Crippen LogP contribution is -2.38. The lowest BCUT2D eigenvalue weighted by atomic mass is 10.0. The van der Waals surface area contributed by atoms with Gasteiger partial charge in [0.1, 0.15) is 5.75 Å². The number of carbonyl (C=O) groups is 1. The summed E-state index contributed by atoms with van der Waals surface area (Å²) < 4.78 is 5.35. The molecule has 0 aliphatic carbocycles. The molecule has 2 N–H and O–H groups in total. The van der Waals surface area contributed by atoms with Crippen LogP contribution in [0.1, 0.15) is 24.2 Å². The minimum Gasteiger partial charge on any atom is -0.496 e. The summed E-state index contributed by atoms with van der Waals surface area (Å²) in [5, 5.41) is 8.10. The van der Waals surface area contributed by atoms with Gasteiger partial charge in [0.25, 0.3) is 5.91 Å². The number of ether oxygens (including phenoxy) is 1. The van der Waals surface area contributed by atoms with Crippen LogP contribution < -0.4 is 15.4 Å². The largest absolute Gasteiger partial charge is 0.496 e. The summed E-state index contributed by atoms with van der Waals surface area (Å²) >= 11 is 0. The lowest BCUT2D eigenvalue weighted by molar-refractivity contribution is 0.0952. The molecule has 22 heavy (non-hydrogen) atoms. The Morgan fingerprint density at radius 1 is 1.18 bits per heavy atom. The number of benzene rings is 2. The van der Waals surface area contributed by atoms with E-state index < -0.39 is 0 Å². The molecule has 0 saturated heterocycles. The van der Waals surface area contributed by atoms with E-state index in [0.717, 1.165) is 23.1 Å². The van der Waals surface area contributed by atoms with Crippen molar-refractivity contribution in [3.63, 3.8) is 0 Å². The molecule has 5 heteroatoms. The number of amides is 1. The number of hydrogen-bond acceptors (Lipinski definition) is 3. The van der Waals surface area contributed by atoms with Gasteiger partial charge in [0.15, 0.2) is 0 Å². The van der Waals surface area contributed by atoms with Gasteiger partial charge in [-0.25, -0.2) is 0 Å². The van der Waals surface area contributed by atoms with Crippen molar-refractivity contribution in [1.82, 2.24) is 10.6 Å². The van der Waals surface area contributed by atoms with Gasteiger partial charge in [-0.15, -0.1) is 12.4 Å². The SMILES string of the molecule is CCN[C@H](C)CNC(=O)c1ccc(OC)c2ccccc12.Cl. The number of carbonyl (C=O) groups excluding carboxylic acids is 1. The zero-order valence-corrected chi connectivity index (χ0v) is 14.0. The zero-order valence-electron chi connectivity index (χ0n) is 13.2. The number of methoxy groups -OCH3 is 1. The van der Waals surface area contributed by atoms with Gasteiger partial charge in [-0.1, -0.05) is 31.2 Å². The summed E-state index contributed by atoms with van der Waals surface area (Å²) in [6.45, 7) is 5.60. The molecule has 2 rings (SSSR count). The molecule has 2 aromatic carbocycles. The molecule has 0 heterocycles. The zero-order chi connectivity index (χ0) is 15.2. The number of nitrogens with one attached hydrogen (secondary N) is 2. The number of likely N-dealkylation sites (N-methyl/N-ethyl adjacent to an activating group) is 1. The first kappa shape index (κ1) is 18.3. The highest BCUT2D eigenvalue weighted by molar-refractivity contribution is 6.08. The minimum atomic E-state index is -0.0568. The number of rotatable bonds is 6. The lowest BCUT2D eigenvalue weighted by Gasteiger charge is -2.14. The Hall–Kier alpha value is -1.78. The van der Waals surface area contributed by atoms with Crippen LogP contribution in [0.2, 0.25) is 0 Å². The number of fused-ring (bicyclic) bond motifs is 1. The molecule has 120 valence electrons. The minimum absolute atomic E-state index is 0. The molecule has 0 fully saturated rings. The third-order valence-electron chi connectivity index (χ3n) is 3.47. The third kappa shape index (κ3) is 4.12. The van der Waals surface area contributed by atoms with Crippen molar-refractivity contribution >= 4 is 29.1 Å². The van der Waals surface area contributed by atoms with Crippen LogP contribution in [0, 0.1) is 0 Å². The van der Waals surface area contributed by atoms with Crippen LogP contribution in [0.15, 0.2) is 36.4 Å². The fraction of sp³-hybridized carbons (Fsp3) is 0.353. The number of hydrogen-bond donors (Lipinski definition) is 2. The van der Waals surface area contributed by atoms with Crippen molar-refractivity contribution in [1.29, 1.82) is 0 Å². The summed E-state index contributed by atoms with van der Waals surface area (Å²) in [6.07, 6.45) is 0.